The average molecular weight is 292 g/mol. The van der Waals surface area contributed by atoms with Gasteiger partial charge in [-0.05, 0) is 6.92 Å². The topological polar surface area (TPSA) is 43.2 Å². The number of hydrogen-bond donors (Lipinski definition) is 0. The fourth-order valence-corrected chi connectivity index (χ4v) is 3.76. The molecule has 0 spiro atoms. The fraction of sp³-hybridized carbons (Fsp3) is 0.571. The summed E-state index contributed by atoms with van der Waals surface area (Å²) in [7, 11) is 3.83. The lowest BCUT2D eigenvalue weighted by Crippen LogP contribution is -2.35. The Morgan fingerprint density at radius 3 is 3.00 bits per heavy atom. The first-order chi connectivity index (χ1) is 9.69. The minimum Gasteiger partial charge on any atom is -0.384 e. The maximum absolute atomic E-state index is 5.39. The van der Waals surface area contributed by atoms with Crippen LogP contribution in [0.15, 0.2) is 11.8 Å². The Morgan fingerprint density at radius 2 is 2.30 bits per heavy atom. The first-order valence-corrected chi connectivity index (χ1v) is 7.67. The molecule has 2 aromatic rings. The molecule has 0 aliphatic carbocycles. The number of methoxy groups -OCH3 is 1. The fourth-order valence-electron chi connectivity index (χ4n) is 2.94. The molecular weight excluding hydrogens is 272 g/mol. The Kier molecular flexibility index (Phi) is 3.87. The highest BCUT2D eigenvalue weighted by Crippen LogP contribution is 2.29. The second-order valence-electron chi connectivity index (χ2n) is 5.37. The van der Waals surface area contributed by atoms with Crippen molar-refractivity contribution in [1.29, 1.82) is 0 Å². The van der Waals surface area contributed by atoms with Gasteiger partial charge in [0.15, 0.2) is 0 Å². The Hall–Kier alpha value is -1.24. The van der Waals surface area contributed by atoms with Crippen LogP contribution in [0.3, 0.4) is 0 Å². The predicted molar refractivity (Wildman–Crippen MR) is 78.8 cm³/mol. The molecule has 5 nitrogen and oxygen atoms in total. The van der Waals surface area contributed by atoms with E-state index in [0.29, 0.717) is 5.92 Å². The Balaban J connectivity index is 1.81. The summed E-state index contributed by atoms with van der Waals surface area (Å²) in [5.74, 6) is 0.393. The van der Waals surface area contributed by atoms with Gasteiger partial charge in [0, 0.05) is 50.3 Å². The van der Waals surface area contributed by atoms with Crippen LogP contribution in [-0.2, 0) is 24.9 Å². The number of hydrogen-bond acceptors (Lipinski definition) is 5. The highest BCUT2D eigenvalue weighted by atomic mass is 32.1. The Bertz CT molecular complexity index is 592. The molecule has 0 radical (unpaired) electrons. The highest BCUT2D eigenvalue weighted by Gasteiger charge is 2.29. The van der Waals surface area contributed by atoms with Crippen molar-refractivity contribution in [3.05, 3.63) is 33.8 Å². The van der Waals surface area contributed by atoms with Gasteiger partial charge >= 0.3 is 0 Å². The minimum atomic E-state index is 0.393. The van der Waals surface area contributed by atoms with E-state index in [1.54, 1.807) is 18.4 Å². The molecule has 1 aliphatic rings. The van der Waals surface area contributed by atoms with Crippen molar-refractivity contribution in [2.75, 3.05) is 20.3 Å². The molecule has 3 heterocycles. The summed E-state index contributed by atoms with van der Waals surface area (Å²) in [6.45, 7) is 5.69. The molecule has 0 amide bonds. The van der Waals surface area contributed by atoms with Crippen LogP contribution in [0.2, 0.25) is 0 Å². The molecule has 6 heteroatoms. The summed E-state index contributed by atoms with van der Waals surface area (Å²) >= 11 is 1.73. The summed E-state index contributed by atoms with van der Waals surface area (Å²) in [5, 5.41) is 0. The number of imidazole rings is 1. The number of ether oxygens (including phenoxy) is 1. The van der Waals surface area contributed by atoms with Gasteiger partial charge in [0.25, 0.3) is 0 Å². The summed E-state index contributed by atoms with van der Waals surface area (Å²) in [5.41, 5.74) is 5.57. The van der Waals surface area contributed by atoms with Crippen LogP contribution < -0.4 is 0 Å². The van der Waals surface area contributed by atoms with Gasteiger partial charge in [-0.15, -0.1) is 11.3 Å². The van der Waals surface area contributed by atoms with E-state index in [1.165, 1.54) is 16.3 Å². The van der Waals surface area contributed by atoms with E-state index in [2.05, 4.69) is 33.4 Å². The van der Waals surface area contributed by atoms with Gasteiger partial charge in [-0.2, -0.15) is 0 Å². The van der Waals surface area contributed by atoms with E-state index in [9.17, 15) is 0 Å². The normalized spacial score (nSPS) is 19.2. The number of rotatable bonds is 4. The second-order valence-corrected chi connectivity index (χ2v) is 6.31. The van der Waals surface area contributed by atoms with Gasteiger partial charge in [0.2, 0.25) is 0 Å². The largest absolute Gasteiger partial charge is 0.384 e. The third kappa shape index (κ3) is 2.51. The van der Waals surface area contributed by atoms with Crippen LogP contribution in [0, 0.1) is 6.92 Å². The van der Waals surface area contributed by atoms with Gasteiger partial charge in [-0.25, -0.2) is 9.97 Å². The monoisotopic (exact) mass is 292 g/mol. The Morgan fingerprint density at radius 1 is 1.45 bits per heavy atom. The molecule has 0 saturated carbocycles. The van der Waals surface area contributed by atoms with E-state index in [-0.39, 0.29) is 0 Å². The highest BCUT2D eigenvalue weighted by molar-refractivity contribution is 7.09. The average Bonchev–Trinajstić information content (AvgIpc) is 2.98. The van der Waals surface area contributed by atoms with Crippen LogP contribution in [0.1, 0.15) is 27.9 Å². The zero-order valence-corrected chi connectivity index (χ0v) is 13.0. The lowest BCUT2D eigenvalue weighted by Gasteiger charge is -2.32. The van der Waals surface area contributed by atoms with Gasteiger partial charge in [-0.3, -0.25) is 4.90 Å². The van der Waals surface area contributed by atoms with E-state index in [4.69, 9.17) is 4.74 Å². The summed E-state index contributed by atoms with van der Waals surface area (Å²) in [4.78, 5) is 12.7. The van der Waals surface area contributed by atoms with Crippen LogP contribution in [-0.4, -0.2) is 39.7 Å². The molecular formula is C14H20N4OS. The summed E-state index contributed by atoms with van der Waals surface area (Å²) in [6, 6.07) is 0. The smallest absolute Gasteiger partial charge is 0.0949 e. The van der Waals surface area contributed by atoms with Crippen molar-refractivity contribution in [1.82, 2.24) is 19.4 Å². The summed E-state index contributed by atoms with van der Waals surface area (Å²) < 4.78 is 7.53. The molecule has 1 atom stereocenters. The minimum absolute atomic E-state index is 0.393. The van der Waals surface area contributed by atoms with Crippen molar-refractivity contribution in [3.63, 3.8) is 0 Å². The SMILES string of the molecule is COCC1CN(Cc2scnc2C)Cc2ncn(C)c21. The van der Waals surface area contributed by atoms with E-state index in [0.717, 1.165) is 31.9 Å². The molecule has 0 saturated heterocycles. The molecule has 0 N–H and O–H groups in total. The molecule has 3 rings (SSSR count). The van der Waals surface area contributed by atoms with Crippen LogP contribution in [0.25, 0.3) is 0 Å². The second kappa shape index (κ2) is 5.63. The van der Waals surface area contributed by atoms with Crippen LogP contribution >= 0.6 is 11.3 Å². The quantitative estimate of drug-likeness (QED) is 0.863. The number of thiazole rings is 1. The molecule has 1 unspecified atom stereocenters. The Labute approximate surface area is 123 Å². The van der Waals surface area contributed by atoms with Gasteiger partial charge in [-0.1, -0.05) is 0 Å². The van der Waals surface area contributed by atoms with Crippen LogP contribution in [0.5, 0.6) is 0 Å². The third-order valence-electron chi connectivity index (χ3n) is 3.88. The first kappa shape index (κ1) is 13.7. The van der Waals surface area contributed by atoms with Crippen molar-refractivity contribution >= 4 is 11.3 Å². The molecule has 0 fully saturated rings. The molecule has 108 valence electrons. The number of fused-ring (bicyclic) bond motifs is 1. The number of aryl methyl sites for hydroxylation is 2. The number of nitrogens with zero attached hydrogens (tertiary/aromatic N) is 4. The first-order valence-electron chi connectivity index (χ1n) is 6.79. The lowest BCUT2D eigenvalue weighted by atomic mass is 9.99. The summed E-state index contributed by atoms with van der Waals surface area (Å²) in [6.07, 6.45) is 1.91. The van der Waals surface area contributed by atoms with E-state index >= 15 is 0 Å². The zero-order chi connectivity index (χ0) is 14.1. The number of aromatic nitrogens is 3. The van der Waals surface area contributed by atoms with E-state index in [1.807, 2.05) is 11.8 Å². The molecule has 1 aliphatic heterocycles. The van der Waals surface area contributed by atoms with Gasteiger partial charge < -0.3 is 9.30 Å². The van der Waals surface area contributed by atoms with Gasteiger partial charge in [0.1, 0.15) is 0 Å². The maximum atomic E-state index is 5.39. The van der Waals surface area contributed by atoms with Crippen molar-refractivity contribution < 1.29 is 4.74 Å². The molecule has 20 heavy (non-hydrogen) atoms. The van der Waals surface area contributed by atoms with Crippen molar-refractivity contribution in [2.45, 2.75) is 25.9 Å². The lowest BCUT2D eigenvalue weighted by molar-refractivity contribution is 0.132. The standard InChI is InChI=1S/C14H20N4OS/c1-10-13(20-9-16-10)6-18-4-11(7-19-3)14-12(5-18)15-8-17(14)2/h8-9,11H,4-7H2,1-3H3. The molecule has 0 bridgehead atoms. The predicted octanol–water partition coefficient (Wildman–Crippen LogP) is 1.93. The molecule has 0 aromatic carbocycles. The van der Waals surface area contributed by atoms with E-state index < -0.39 is 0 Å². The zero-order valence-electron chi connectivity index (χ0n) is 12.2. The van der Waals surface area contributed by atoms with Crippen molar-refractivity contribution in [2.24, 2.45) is 7.05 Å². The molecule has 2 aromatic heterocycles. The third-order valence-corrected chi connectivity index (χ3v) is 4.80. The maximum Gasteiger partial charge on any atom is 0.0949 e. The van der Waals surface area contributed by atoms with Gasteiger partial charge in [0.05, 0.1) is 29.8 Å². The van der Waals surface area contributed by atoms with Crippen molar-refractivity contribution in [3.8, 4) is 0 Å². The van der Waals surface area contributed by atoms with Crippen LogP contribution in [0.4, 0.5) is 0 Å².